The summed E-state index contributed by atoms with van der Waals surface area (Å²) in [6.45, 7) is 1.30. The van der Waals surface area contributed by atoms with E-state index in [4.69, 9.17) is 9.47 Å². The van der Waals surface area contributed by atoms with Crippen molar-refractivity contribution in [3.8, 4) is 0 Å². The van der Waals surface area contributed by atoms with Crippen LogP contribution in [0.1, 0.15) is 17.3 Å². The van der Waals surface area contributed by atoms with E-state index in [0.29, 0.717) is 11.3 Å². The van der Waals surface area contributed by atoms with Crippen molar-refractivity contribution in [1.82, 2.24) is 4.90 Å². The Kier molecular flexibility index (Phi) is 5.93. The van der Waals surface area contributed by atoms with Crippen molar-refractivity contribution < 1.29 is 33.8 Å². The summed E-state index contributed by atoms with van der Waals surface area (Å²) >= 11 is 0. The number of ether oxygens (including phenoxy) is 2. The molecule has 1 saturated heterocycles. The van der Waals surface area contributed by atoms with Crippen molar-refractivity contribution in [2.24, 2.45) is 0 Å². The zero-order valence-corrected chi connectivity index (χ0v) is 14.7. The highest BCUT2D eigenvalue weighted by atomic mass is 16.6. The van der Waals surface area contributed by atoms with Crippen molar-refractivity contribution in [3.05, 3.63) is 29.8 Å². The van der Waals surface area contributed by atoms with Crippen LogP contribution in [0.2, 0.25) is 0 Å². The fourth-order valence-corrected chi connectivity index (χ4v) is 2.56. The molecule has 0 bridgehead atoms. The van der Waals surface area contributed by atoms with Gasteiger partial charge in [0.15, 0.2) is 6.10 Å². The van der Waals surface area contributed by atoms with E-state index in [1.807, 2.05) is 0 Å². The SMILES string of the molecule is CC(=O)O[C@@H](C(=O)O)[C@H]1OCCN(c2cccc(C(=O)N(C)C)c2)C1=O. The number of aliphatic carboxylic acids is 1. The van der Waals surface area contributed by atoms with Crippen LogP contribution in [-0.4, -0.2) is 73.2 Å². The van der Waals surface area contributed by atoms with Gasteiger partial charge < -0.3 is 24.4 Å². The molecule has 0 spiro atoms. The Morgan fingerprint density at radius 3 is 2.62 bits per heavy atom. The molecule has 9 nitrogen and oxygen atoms in total. The van der Waals surface area contributed by atoms with Gasteiger partial charge in [0, 0.05) is 38.8 Å². The molecule has 0 aromatic heterocycles. The average Bonchev–Trinajstić information content (AvgIpc) is 2.59. The maximum Gasteiger partial charge on any atom is 0.348 e. The summed E-state index contributed by atoms with van der Waals surface area (Å²) in [4.78, 5) is 50.1. The molecule has 0 radical (unpaired) electrons. The number of carbonyl (C=O) groups is 4. The molecule has 2 rings (SSSR count). The average molecular weight is 364 g/mol. The van der Waals surface area contributed by atoms with Crippen LogP contribution in [0, 0.1) is 0 Å². The van der Waals surface area contributed by atoms with Crippen LogP contribution in [0.3, 0.4) is 0 Å². The Labute approximate surface area is 150 Å². The van der Waals surface area contributed by atoms with Gasteiger partial charge in [-0.3, -0.25) is 14.4 Å². The second-order valence-corrected chi connectivity index (χ2v) is 5.90. The van der Waals surface area contributed by atoms with Gasteiger partial charge in [-0.05, 0) is 18.2 Å². The van der Waals surface area contributed by atoms with Gasteiger partial charge in [0.05, 0.1) is 6.61 Å². The van der Waals surface area contributed by atoms with E-state index in [1.54, 1.807) is 38.4 Å². The number of esters is 1. The predicted molar refractivity (Wildman–Crippen MR) is 89.7 cm³/mol. The topological polar surface area (TPSA) is 113 Å². The number of amides is 2. The van der Waals surface area contributed by atoms with E-state index in [9.17, 15) is 24.3 Å². The lowest BCUT2D eigenvalue weighted by Crippen LogP contribution is -2.55. The van der Waals surface area contributed by atoms with Gasteiger partial charge in [0.25, 0.3) is 11.8 Å². The van der Waals surface area contributed by atoms with Crippen LogP contribution >= 0.6 is 0 Å². The number of hydrogen-bond acceptors (Lipinski definition) is 6. The number of carboxylic acids is 1. The molecule has 1 aromatic carbocycles. The summed E-state index contributed by atoms with van der Waals surface area (Å²) in [5.41, 5.74) is 0.820. The third-order valence-corrected chi connectivity index (χ3v) is 3.74. The minimum Gasteiger partial charge on any atom is -0.478 e. The largest absolute Gasteiger partial charge is 0.478 e. The molecular weight excluding hydrogens is 344 g/mol. The predicted octanol–water partition coefficient (Wildman–Crippen LogP) is 0.137. The molecule has 1 aliphatic rings. The smallest absolute Gasteiger partial charge is 0.348 e. The van der Waals surface area contributed by atoms with Gasteiger partial charge >= 0.3 is 11.9 Å². The molecule has 140 valence electrons. The Morgan fingerprint density at radius 1 is 1.35 bits per heavy atom. The minimum absolute atomic E-state index is 0.0628. The zero-order chi connectivity index (χ0) is 19.4. The molecule has 2 atom stereocenters. The highest BCUT2D eigenvalue weighted by Gasteiger charge is 2.42. The van der Waals surface area contributed by atoms with Gasteiger partial charge in [-0.2, -0.15) is 0 Å². The maximum atomic E-state index is 12.7. The summed E-state index contributed by atoms with van der Waals surface area (Å²) in [5, 5.41) is 9.25. The first kappa shape index (κ1) is 19.4. The standard InChI is InChI=1S/C17H20N2O7/c1-10(20)26-14(17(23)24)13-16(22)19(7-8-25-13)12-6-4-5-11(9-12)15(21)18(2)3/h4-6,9,13-14H,7-8H2,1-3H3,(H,23,24)/t13-,14-/m1/s1. The molecule has 9 heteroatoms. The first-order chi connectivity index (χ1) is 12.2. The van der Waals surface area contributed by atoms with Crippen LogP contribution in [0.4, 0.5) is 5.69 Å². The highest BCUT2D eigenvalue weighted by molar-refractivity contribution is 6.02. The quantitative estimate of drug-likeness (QED) is 0.739. The molecule has 1 heterocycles. The van der Waals surface area contributed by atoms with E-state index in [-0.39, 0.29) is 19.1 Å². The summed E-state index contributed by atoms with van der Waals surface area (Å²) in [6, 6.07) is 6.43. The molecule has 2 amide bonds. The Bertz CT molecular complexity index is 732. The number of nitrogens with zero attached hydrogens (tertiary/aromatic N) is 2. The summed E-state index contributed by atoms with van der Waals surface area (Å²) in [7, 11) is 3.23. The number of rotatable bonds is 5. The summed E-state index contributed by atoms with van der Waals surface area (Å²) in [5.74, 6) is -3.19. The molecule has 26 heavy (non-hydrogen) atoms. The zero-order valence-electron chi connectivity index (χ0n) is 14.7. The molecule has 0 saturated carbocycles. The summed E-state index contributed by atoms with van der Waals surface area (Å²) in [6.07, 6.45) is -3.20. The van der Waals surface area contributed by atoms with Crippen LogP contribution < -0.4 is 4.90 Å². The second kappa shape index (κ2) is 7.96. The molecule has 0 aliphatic carbocycles. The fraction of sp³-hybridized carbons (Fsp3) is 0.412. The molecule has 1 aliphatic heterocycles. The molecule has 1 aromatic rings. The van der Waals surface area contributed by atoms with E-state index in [1.165, 1.54) is 9.80 Å². The first-order valence-electron chi connectivity index (χ1n) is 7.87. The first-order valence-corrected chi connectivity index (χ1v) is 7.87. The van der Waals surface area contributed by atoms with Crippen molar-refractivity contribution in [1.29, 1.82) is 0 Å². The monoisotopic (exact) mass is 364 g/mol. The highest BCUT2D eigenvalue weighted by Crippen LogP contribution is 2.23. The lowest BCUT2D eigenvalue weighted by Gasteiger charge is -2.34. The van der Waals surface area contributed by atoms with Crippen molar-refractivity contribution in [2.45, 2.75) is 19.1 Å². The summed E-state index contributed by atoms with van der Waals surface area (Å²) < 4.78 is 9.99. The third kappa shape index (κ3) is 4.17. The van der Waals surface area contributed by atoms with E-state index >= 15 is 0 Å². The third-order valence-electron chi connectivity index (χ3n) is 3.74. The van der Waals surface area contributed by atoms with Gasteiger partial charge in [-0.25, -0.2) is 4.79 Å². The molecule has 1 N–H and O–H groups in total. The van der Waals surface area contributed by atoms with E-state index in [0.717, 1.165) is 6.92 Å². The van der Waals surface area contributed by atoms with E-state index in [2.05, 4.69) is 0 Å². The van der Waals surface area contributed by atoms with Gasteiger partial charge in [-0.1, -0.05) is 6.07 Å². The van der Waals surface area contributed by atoms with Gasteiger partial charge in [-0.15, -0.1) is 0 Å². The number of hydrogen-bond donors (Lipinski definition) is 1. The maximum absolute atomic E-state index is 12.7. The van der Waals surface area contributed by atoms with Crippen molar-refractivity contribution in [3.63, 3.8) is 0 Å². The lowest BCUT2D eigenvalue weighted by atomic mass is 10.1. The van der Waals surface area contributed by atoms with Crippen LogP contribution in [-0.2, 0) is 23.9 Å². The van der Waals surface area contributed by atoms with Crippen LogP contribution in [0.15, 0.2) is 24.3 Å². The minimum atomic E-state index is -1.74. The van der Waals surface area contributed by atoms with Gasteiger partial charge in [0.1, 0.15) is 0 Å². The number of benzene rings is 1. The Balaban J connectivity index is 2.29. The Morgan fingerprint density at radius 2 is 2.04 bits per heavy atom. The number of morpholine rings is 1. The number of carboxylic acid groups (broad SMARTS) is 1. The molecule has 1 fully saturated rings. The normalized spacial score (nSPS) is 18.2. The van der Waals surface area contributed by atoms with Gasteiger partial charge in [0.2, 0.25) is 6.10 Å². The fourth-order valence-electron chi connectivity index (χ4n) is 2.56. The number of carbonyl (C=O) groups excluding carboxylic acids is 3. The molecule has 0 unspecified atom stereocenters. The van der Waals surface area contributed by atoms with E-state index < -0.39 is 30.1 Å². The van der Waals surface area contributed by atoms with Crippen LogP contribution in [0.25, 0.3) is 0 Å². The molecular formula is C17H20N2O7. The van der Waals surface area contributed by atoms with Crippen molar-refractivity contribution in [2.75, 3.05) is 32.1 Å². The lowest BCUT2D eigenvalue weighted by molar-refractivity contribution is -0.177. The van der Waals surface area contributed by atoms with Crippen molar-refractivity contribution >= 4 is 29.4 Å². The van der Waals surface area contributed by atoms with Crippen LogP contribution in [0.5, 0.6) is 0 Å². The second-order valence-electron chi connectivity index (χ2n) is 5.90. The number of anilines is 1. The Hall–Kier alpha value is -2.94.